The number of carbonyl (C=O) groups is 1. The Morgan fingerprint density at radius 3 is 2.85 bits per heavy atom. The van der Waals surface area contributed by atoms with Crippen molar-refractivity contribution >= 4 is 44.9 Å². The fourth-order valence-electron chi connectivity index (χ4n) is 3.48. The van der Waals surface area contributed by atoms with Crippen LogP contribution in [-0.4, -0.2) is 34.4 Å². The average Bonchev–Trinajstić information content (AvgIpc) is 3.49. The number of thioether (sulfide) groups is 1. The van der Waals surface area contributed by atoms with E-state index in [1.54, 1.807) is 35.1 Å². The Morgan fingerprint density at radius 2 is 2.06 bits per heavy atom. The third-order valence-electron chi connectivity index (χ3n) is 5.07. The van der Waals surface area contributed by atoms with Crippen LogP contribution in [0.4, 0.5) is 5.69 Å². The first-order valence-electron chi connectivity index (χ1n) is 10.5. The van der Waals surface area contributed by atoms with Crippen LogP contribution in [-0.2, 0) is 17.8 Å². The van der Waals surface area contributed by atoms with Crippen LogP contribution >= 0.6 is 23.1 Å². The number of hydrogen-bond donors (Lipinski definition) is 1. The lowest BCUT2D eigenvalue weighted by atomic mass is 10.2. The zero-order valence-corrected chi connectivity index (χ0v) is 19.5. The summed E-state index contributed by atoms with van der Waals surface area (Å²) < 4.78 is 18.1. The van der Waals surface area contributed by atoms with Crippen molar-refractivity contribution in [3.8, 4) is 11.5 Å². The van der Waals surface area contributed by atoms with Gasteiger partial charge in [0.1, 0.15) is 23.8 Å². The Hall–Kier alpha value is -3.24. The monoisotopic (exact) mass is 483 g/mol. The number of aromatic nitrogens is 2. The van der Waals surface area contributed by atoms with Crippen molar-refractivity contribution in [1.29, 1.82) is 0 Å². The molecule has 0 saturated carbocycles. The number of carbonyl (C=O) groups excluding carboxylic acids is 1. The first-order chi connectivity index (χ1) is 16.1. The normalized spacial score (nSPS) is 12.8. The van der Waals surface area contributed by atoms with E-state index in [2.05, 4.69) is 5.32 Å². The van der Waals surface area contributed by atoms with Gasteiger partial charge in [0.15, 0.2) is 16.7 Å². The van der Waals surface area contributed by atoms with E-state index in [1.807, 2.05) is 19.1 Å². The molecule has 10 heteroatoms. The van der Waals surface area contributed by atoms with Crippen LogP contribution in [0.2, 0.25) is 0 Å². The number of nitrogens with zero attached hydrogens (tertiary/aromatic N) is 2. The van der Waals surface area contributed by atoms with Gasteiger partial charge in [0.25, 0.3) is 5.56 Å². The van der Waals surface area contributed by atoms with Crippen molar-refractivity contribution in [3.63, 3.8) is 0 Å². The van der Waals surface area contributed by atoms with Gasteiger partial charge < -0.3 is 19.2 Å². The van der Waals surface area contributed by atoms with Gasteiger partial charge in [-0.25, -0.2) is 4.98 Å². The Morgan fingerprint density at radius 1 is 1.21 bits per heavy atom. The van der Waals surface area contributed by atoms with E-state index in [0.29, 0.717) is 51.5 Å². The number of aryl methyl sites for hydroxylation is 1. The smallest absolute Gasteiger partial charge is 0.263 e. The van der Waals surface area contributed by atoms with Crippen LogP contribution in [0, 0.1) is 0 Å². The lowest BCUT2D eigenvalue weighted by Crippen LogP contribution is -2.24. The first kappa shape index (κ1) is 21.6. The number of furan rings is 1. The predicted molar refractivity (Wildman–Crippen MR) is 128 cm³/mol. The van der Waals surface area contributed by atoms with E-state index in [9.17, 15) is 9.59 Å². The summed E-state index contributed by atoms with van der Waals surface area (Å²) in [6, 6.07) is 10.8. The maximum absolute atomic E-state index is 13.2. The van der Waals surface area contributed by atoms with E-state index < -0.39 is 0 Å². The third kappa shape index (κ3) is 4.62. The van der Waals surface area contributed by atoms with Gasteiger partial charge in [-0.05, 0) is 36.8 Å². The third-order valence-corrected chi connectivity index (χ3v) is 7.22. The molecule has 33 heavy (non-hydrogen) atoms. The SMILES string of the molecule is CCc1cc2c(=O)n(Cc3ccco3)c(SCC(=O)Nc3ccc4c(c3)OCCO4)nc2s1. The summed E-state index contributed by atoms with van der Waals surface area (Å²) in [6.45, 7) is 3.28. The minimum atomic E-state index is -0.212. The number of fused-ring (bicyclic) bond motifs is 2. The average molecular weight is 484 g/mol. The number of benzene rings is 1. The topological polar surface area (TPSA) is 95.6 Å². The molecule has 1 amide bonds. The summed E-state index contributed by atoms with van der Waals surface area (Å²) in [5, 5.41) is 3.93. The fourth-order valence-corrected chi connectivity index (χ4v) is 5.28. The van der Waals surface area contributed by atoms with Gasteiger partial charge in [0, 0.05) is 16.6 Å². The molecular weight excluding hydrogens is 462 g/mol. The molecular formula is C23H21N3O5S2. The summed E-state index contributed by atoms with van der Waals surface area (Å²) in [4.78, 5) is 32.4. The highest BCUT2D eigenvalue weighted by molar-refractivity contribution is 7.99. The summed E-state index contributed by atoms with van der Waals surface area (Å²) in [5.41, 5.74) is 0.481. The number of ether oxygens (including phenoxy) is 2. The Balaban J connectivity index is 1.37. The van der Waals surface area contributed by atoms with E-state index in [0.717, 1.165) is 11.3 Å². The molecule has 3 aromatic heterocycles. The zero-order chi connectivity index (χ0) is 22.8. The molecule has 1 aliphatic heterocycles. The van der Waals surface area contributed by atoms with E-state index >= 15 is 0 Å². The molecule has 0 unspecified atom stereocenters. The highest BCUT2D eigenvalue weighted by atomic mass is 32.2. The van der Waals surface area contributed by atoms with Gasteiger partial charge >= 0.3 is 0 Å². The second-order valence-corrected chi connectivity index (χ2v) is 9.40. The lowest BCUT2D eigenvalue weighted by Gasteiger charge is -2.19. The van der Waals surface area contributed by atoms with E-state index in [-0.39, 0.29) is 23.8 Å². The number of thiophene rings is 1. The molecule has 0 saturated heterocycles. The molecule has 4 heterocycles. The molecule has 5 rings (SSSR count). The number of rotatable bonds is 7. The van der Waals surface area contributed by atoms with Gasteiger partial charge in [0.2, 0.25) is 5.91 Å². The molecule has 0 atom stereocenters. The van der Waals surface area contributed by atoms with E-state index in [1.165, 1.54) is 23.1 Å². The lowest BCUT2D eigenvalue weighted by molar-refractivity contribution is -0.113. The largest absolute Gasteiger partial charge is 0.486 e. The molecule has 0 bridgehead atoms. The van der Waals surface area contributed by atoms with E-state index in [4.69, 9.17) is 18.9 Å². The Kier molecular flexibility index (Phi) is 6.10. The number of anilines is 1. The van der Waals surface area contributed by atoms with Gasteiger partial charge in [-0.15, -0.1) is 11.3 Å². The summed E-state index contributed by atoms with van der Waals surface area (Å²) in [6.07, 6.45) is 2.40. The fraction of sp³-hybridized carbons (Fsp3) is 0.261. The first-order valence-corrected chi connectivity index (χ1v) is 12.3. The molecule has 1 aromatic carbocycles. The highest BCUT2D eigenvalue weighted by Crippen LogP contribution is 2.33. The summed E-state index contributed by atoms with van der Waals surface area (Å²) in [7, 11) is 0. The number of nitrogens with one attached hydrogen (secondary N) is 1. The van der Waals surface area contributed by atoms with Crippen LogP contribution < -0.4 is 20.3 Å². The molecule has 0 spiro atoms. The summed E-state index contributed by atoms with van der Waals surface area (Å²) >= 11 is 2.72. The Labute approximate surface area is 197 Å². The van der Waals surface area contributed by atoms with Crippen molar-refractivity contribution in [2.75, 3.05) is 24.3 Å². The van der Waals surface area contributed by atoms with Crippen LogP contribution in [0.5, 0.6) is 11.5 Å². The molecule has 0 aliphatic carbocycles. The zero-order valence-electron chi connectivity index (χ0n) is 17.8. The molecule has 1 aliphatic rings. The van der Waals surface area contributed by atoms with Crippen LogP contribution in [0.25, 0.3) is 10.2 Å². The minimum absolute atomic E-state index is 0.0938. The van der Waals surface area contributed by atoms with Gasteiger partial charge in [-0.3, -0.25) is 14.2 Å². The quantitative estimate of drug-likeness (QED) is 0.311. The molecule has 170 valence electrons. The number of hydrogen-bond acceptors (Lipinski definition) is 8. The molecule has 8 nitrogen and oxygen atoms in total. The number of amides is 1. The van der Waals surface area contributed by atoms with Crippen molar-refractivity contribution in [1.82, 2.24) is 9.55 Å². The molecule has 4 aromatic rings. The van der Waals surface area contributed by atoms with Gasteiger partial charge in [0.05, 0.1) is 23.9 Å². The van der Waals surface area contributed by atoms with Gasteiger partial charge in [-0.2, -0.15) is 0 Å². The predicted octanol–water partition coefficient (Wildman–Crippen LogP) is 4.16. The highest BCUT2D eigenvalue weighted by Gasteiger charge is 2.17. The molecule has 0 fully saturated rings. The maximum atomic E-state index is 13.2. The second kappa shape index (κ2) is 9.32. The molecule has 1 N–H and O–H groups in total. The minimum Gasteiger partial charge on any atom is -0.486 e. The Bertz CT molecular complexity index is 1360. The van der Waals surface area contributed by atoms with Crippen molar-refractivity contribution in [3.05, 3.63) is 63.7 Å². The summed E-state index contributed by atoms with van der Waals surface area (Å²) in [5.74, 6) is 1.80. The molecule has 0 radical (unpaired) electrons. The van der Waals surface area contributed by atoms with Crippen LogP contribution in [0.1, 0.15) is 17.6 Å². The second-order valence-electron chi connectivity index (χ2n) is 7.35. The van der Waals surface area contributed by atoms with Gasteiger partial charge in [-0.1, -0.05) is 18.7 Å². The van der Waals surface area contributed by atoms with Crippen molar-refractivity contribution in [2.24, 2.45) is 0 Å². The van der Waals surface area contributed by atoms with Crippen LogP contribution in [0.15, 0.2) is 57.0 Å². The van der Waals surface area contributed by atoms with Crippen molar-refractivity contribution < 1.29 is 18.7 Å². The van der Waals surface area contributed by atoms with Crippen molar-refractivity contribution in [2.45, 2.75) is 25.0 Å². The van der Waals surface area contributed by atoms with Crippen LogP contribution in [0.3, 0.4) is 0 Å². The standard InChI is InChI=1S/C23H21N3O5S2/c1-2-16-11-17-21(33-16)25-23(26(22(17)28)12-15-4-3-7-29-15)32-13-20(27)24-14-5-6-18-19(10-14)31-9-8-30-18/h3-7,10-11H,2,8-9,12-13H2,1H3,(H,24,27). The maximum Gasteiger partial charge on any atom is 0.263 e.